The quantitative estimate of drug-likeness (QED) is 0.136. The summed E-state index contributed by atoms with van der Waals surface area (Å²) >= 11 is 0. The molecule has 7 nitrogen and oxygen atoms in total. The van der Waals surface area contributed by atoms with Gasteiger partial charge in [-0.1, -0.05) is 76.6 Å². The molecule has 0 N–H and O–H groups in total. The Labute approximate surface area is 296 Å². The maximum atomic E-state index is 13.4. The van der Waals surface area contributed by atoms with Gasteiger partial charge in [-0.25, -0.2) is 0 Å². The SMILES string of the molecule is CC(C)c1c(C(=O)c2ccccn2)c2ccccc2n1CCCN1CCCCC1.CC(C)c1c(C(=O)c2ccncc2)c2ccccc2n1C. The minimum Gasteiger partial charge on any atom is -0.347 e. The summed E-state index contributed by atoms with van der Waals surface area (Å²) in [6, 6.07) is 25.5. The normalized spacial score (nSPS) is 13.6. The van der Waals surface area contributed by atoms with Crippen LogP contribution in [0.3, 0.4) is 0 Å². The third kappa shape index (κ3) is 7.19. The summed E-state index contributed by atoms with van der Waals surface area (Å²) in [6.07, 6.45) is 10.1. The molecule has 1 fully saturated rings. The van der Waals surface area contributed by atoms with Crippen molar-refractivity contribution >= 4 is 33.4 Å². The molecule has 0 aliphatic carbocycles. The van der Waals surface area contributed by atoms with Gasteiger partial charge >= 0.3 is 0 Å². The van der Waals surface area contributed by atoms with Gasteiger partial charge in [0.1, 0.15) is 5.69 Å². The maximum absolute atomic E-state index is 13.4. The summed E-state index contributed by atoms with van der Waals surface area (Å²) < 4.78 is 4.52. The van der Waals surface area contributed by atoms with Gasteiger partial charge in [0.2, 0.25) is 5.78 Å². The number of pyridine rings is 2. The molecule has 4 aromatic heterocycles. The van der Waals surface area contributed by atoms with Crippen LogP contribution in [0.1, 0.15) is 109 Å². The number of hydrogen-bond donors (Lipinski definition) is 0. The molecule has 7 heteroatoms. The Hall–Kier alpha value is -4.88. The number of aryl methyl sites for hydroxylation is 2. The second-order valence-corrected chi connectivity index (χ2v) is 13.9. The molecule has 0 unspecified atom stereocenters. The first-order valence-corrected chi connectivity index (χ1v) is 18.1. The molecule has 2 aromatic carbocycles. The average molecular weight is 668 g/mol. The zero-order valence-electron chi connectivity index (χ0n) is 30.1. The van der Waals surface area contributed by atoms with E-state index >= 15 is 0 Å². The predicted octanol–water partition coefficient (Wildman–Crippen LogP) is 9.19. The number of likely N-dealkylation sites (tertiary alicyclic amines) is 1. The molecular weight excluding hydrogens is 619 g/mol. The molecule has 258 valence electrons. The lowest BCUT2D eigenvalue weighted by Gasteiger charge is -2.26. The van der Waals surface area contributed by atoms with E-state index in [4.69, 9.17) is 0 Å². The van der Waals surface area contributed by atoms with Crippen LogP contribution in [-0.2, 0) is 13.6 Å². The number of carbonyl (C=O) groups excluding carboxylic acids is 2. The van der Waals surface area contributed by atoms with Crippen LogP contribution >= 0.6 is 0 Å². The van der Waals surface area contributed by atoms with Crippen molar-refractivity contribution in [2.24, 2.45) is 7.05 Å². The Morgan fingerprint density at radius 1 is 0.660 bits per heavy atom. The highest BCUT2D eigenvalue weighted by molar-refractivity contribution is 6.18. The molecule has 0 spiro atoms. The highest BCUT2D eigenvalue weighted by atomic mass is 16.1. The predicted molar refractivity (Wildman–Crippen MR) is 203 cm³/mol. The molecule has 1 saturated heterocycles. The van der Waals surface area contributed by atoms with Crippen molar-refractivity contribution in [1.82, 2.24) is 24.0 Å². The van der Waals surface area contributed by atoms with Gasteiger partial charge in [-0.15, -0.1) is 0 Å². The molecule has 1 aliphatic heterocycles. The molecule has 0 radical (unpaired) electrons. The molecule has 0 amide bonds. The monoisotopic (exact) mass is 667 g/mol. The summed E-state index contributed by atoms with van der Waals surface area (Å²) in [5.41, 5.74) is 7.32. The summed E-state index contributed by atoms with van der Waals surface area (Å²) in [5, 5.41) is 2.07. The number of carbonyl (C=O) groups is 2. The van der Waals surface area contributed by atoms with Gasteiger partial charge in [-0.3, -0.25) is 19.6 Å². The highest BCUT2D eigenvalue weighted by Gasteiger charge is 2.26. The van der Waals surface area contributed by atoms with E-state index in [2.05, 4.69) is 76.0 Å². The summed E-state index contributed by atoms with van der Waals surface area (Å²) in [4.78, 5) is 37.3. The zero-order chi connectivity index (χ0) is 35.2. The van der Waals surface area contributed by atoms with Crippen LogP contribution < -0.4 is 0 Å². The molecular formula is C43H49N5O2. The molecule has 0 bridgehead atoms. The Balaban J connectivity index is 0.000000182. The number of benzene rings is 2. The first kappa shape index (κ1) is 35.0. The summed E-state index contributed by atoms with van der Waals surface area (Å²) in [6.45, 7) is 13.2. The second-order valence-electron chi connectivity index (χ2n) is 13.9. The van der Waals surface area contributed by atoms with Crippen LogP contribution in [-0.4, -0.2) is 55.2 Å². The third-order valence-electron chi connectivity index (χ3n) is 9.86. The van der Waals surface area contributed by atoms with Crippen molar-refractivity contribution < 1.29 is 9.59 Å². The first-order chi connectivity index (χ1) is 24.3. The fourth-order valence-electron chi connectivity index (χ4n) is 7.64. The van der Waals surface area contributed by atoms with E-state index in [1.807, 2.05) is 49.5 Å². The highest BCUT2D eigenvalue weighted by Crippen LogP contribution is 2.34. The van der Waals surface area contributed by atoms with Crippen molar-refractivity contribution in [1.29, 1.82) is 0 Å². The smallest absolute Gasteiger partial charge is 0.213 e. The van der Waals surface area contributed by atoms with Gasteiger partial charge in [-0.2, -0.15) is 0 Å². The number of hydrogen-bond acceptors (Lipinski definition) is 5. The first-order valence-electron chi connectivity index (χ1n) is 18.1. The number of aromatic nitrogens is 4. The van der Waals surface area contributed by atoms with E-state index in [0.29, 0.717) is 11.3 Å². The van der Waals surface area contributed by atoms with Gasteiger partial charge < -0.3 is 14.0 Å². The van der Waals surface area contributed by atoms with Crippen molar-refractivity contribution in [2.75, 3.05) is 19.6 Å². The largest absolute Gasteiger partial charge is 0.347 e. The number of nitrogens with zero attached hydrogens (tertiary/aromatic N) is 5. The van der Waals surface area contributed by atoms with Crippen LogP contribution in [0, 0.1) is 0 Å². The van der Waals surface area contributed by atoms with Gasteiger partial charge in [0.15, 0.2) is 5.78 Å². The van der Waals surface area contributed by atoms with E-state index < -0.39 is 0 Å². The Morgan fingerprint density at radius 3 is 1.90 bits per heavy atom. The lowest BCUT2D eigenvalue weighted by Crippen LogP contribution is -2.31. The fraction of sp³-hybridized carbons (Fsp3) is 0.349. The van der Waals surface area contributed by atoms with Crippen LogP contribution in [0.25, 0.3) is 21.8 Å². The Kier molecular flexibility index (Phi) is 11.0. The van der Waals surface area contributed by atoms with E-state index in [9.17, 15) is 9.59 Å². The van der Waals surface area contributed by atoms with Crippen molar-refractivity contribution in [3.05, 3.63) is 131 Å². The molecule has 50 heavy (non-hydrogen) atoms. The number of ketones is 2. The van der Waals surface area contributed by atoms with Crippen LogP contribution in [0.4, 0.5) is 0 Å². The lowest BCUT2D eigenvalue weighted by atomic mass is 9.96. The van der Waals surface area contributed by atoms with Crippen molar-refractivity contribution in [3.8, 4) is 0 Å². The Bertz CT molecular complexity index is 2070. The molecule has 5 heterocycles. The number of para-hydroxylation sites is 2. The summed E-state index contributed by atoms with van der Waals surface area (Å²) in [7, 11) is 2.03. The van der Waals surface area contributed by atoms with Gasteiger partial charge in [0.25, 0.3) is 0 Å². The fourth-order valence-corrected chi connectivity index (χ4v) is 7.64. The van der Waals surface area contributed by atoms with Crippen LogP contribution in [0.15, 0.2) is 97.5 Å². The Morgan fingerprint density at radius 2 is 1.26 bits per heavy atom. The molecule has 6 aromatic rings. The number of rotatable bonds is 10. The van der Waals surface area contributed by atoms with E-state index in [1.165, 1.54) is 32.4 Å². The van der Waals surface area contributed by atoms with Crippen LogP contribution in [0.2, 0.25) is 0 Å². The minimum absolute atomic E-state index is 0.0280. The van der Waals surface area contributed by atoms with Crippen molar-refractivity contribution in [2.45, 2.75) is 71.8 Å². The van der Waals surface area contributed by atoms with E-state index in [-0.39, 0.29) is 23.4 Å². The van der Waals surface area contributed by atoms with E-state index in [0.717, 1.165) is 63.8 Å². The molecule has 0 saturated carbocycles. The van der Waals surface area contributed by atoms with Gasteiger partial charge in [0.05, 0.1) is 11.1 Å². The van der Waals surface area contributed by atoms with Crippen LogP contribution in [0.5, 0.6) is 0 Å². The summed E-state index contributed by atoms with van der Waals surface area (Å²) in [5.74, 6) is 0.640. The number of piperidine rings is 1. The standard InChI is InChI=1S/C25H31N3O.C18H18N2O/c1-19(2)24-23(25(29)21-12-6-7-14-26-21)20-11-4-5-13-22(20)28(24)18-10-17-27-15-8-3-9-16-27;1-12(2)17-16(18(21)13-8-10-19-11-9-13)14-6-4-5-7-15(14)20(17)3/h4-7,11-14,19H,3,8-10,15-18H2,1-2H3;4-12H,1-3H3. The molecule has 7 rings (SSSR count). The average Bonchev–Trinajstić information content (AvgIpc) is 3.65. The van der Waals surface area contributed by atoms with E-state index in [1.54, 1.807) is 30.7 Å². The van der Waals surface area contributed by atoms with Crippen molar-refractivity contribution in [3.63, 3.8) is 0 Å². The topological polar surface area (TPSA) is 73.0 Å². The second kappa shape index (κ2) is 15.8. The molecule has 0 atom stereocenters. The number of fused-ring (bicyclic) bond motifs is 2. The van der Waals surface area contributed by atoms with Gasteiger partial charge in [-0.05, 0) is 87.1 Å². The third-order valence-corrected chi connectivity index (χ3v) is 9.86. The minimum atomic E-state index is 0.0280. The molecule has 1 aliphatic rings. The maximum Gasteiger partial charge on any atom is 0.213 e. The lowest BCUT2D eigenvalue weighted by molar-refractivity contribution is 0.102. The zero-order valence-corrected chi connectivity index (χ0v) is 30.1. The van der Waals surface area contributed by atoms with Gasteiger partial charge in [0, 0.05) is 70.9 Å².